The second-order valence-electron chi connectivity index (χ2n) is 4.67. The molecule has 0 aliphatic heterocycles. The van der Waals surface area contributed by atoms with Gasteiger partial charge in [-0.05, 0) is 84.0 Å². The van der Waals surface area contributed by atoms with Gasteiger partial charge < -0.3 is 5.32 Å². The third-order valence-corrected chi connectivity index (χ3v) is 4.04. The highest BCUT2D eigenvalue weighted by molar-refractivity contribution is 14.1. The summed E-state index contributed by atoms with van der Waals surface area (Å²) in [6, 6.07) is 13.3. The first-order chi connectivity index (χ1) is 9.97. The van der Waals surface area contributed by atoms with E-state index >= 15 is 0 Å². The molecule has 0 unspecified atom stereocenters. The van der Waals surface area contributed by atoms with Crippen LogP contribution in [-0.2, 0) is 0 Å². The van der Waals surface area contributed by atoms with E-state index in [9.17, 15) is 4.79 Å². The zero-order valence-electron chi connectivity index (χ0n) is 11.7. The predicted octanol–water partition coefficient (Wildman–Crippen LogP) is 4.03. The predicted molar refractivity (Wildman–Crippen MR) is 98.8 cm³/mol. The van der Waals surface area contributed by atoms with Gasteiger partial charge in [-0.15, -0.1) is 0 Å². The first-order valence-electron chi connectivity index (χ1n) is 6.41. The summed E-state index contributed by atoms with van der Waals surface area (Å²) in [4.78, 5) is 12.1. The minimum Gasteiger partial charge on any atom is -0.332 e. The van der Waals surface area contributed by atoms with E-state index in [1.54, 1.807) is 6.07 Å². The Morgan fingerprint density at radius 2 is 1.86 bits per heavy atom. The molecule has 0 spiro atoms. The van der Waals surface area contributed by atoms with Gasteiger partial charge in [0.25, 0.3) is 5.91 Å². The summed E-state index contributed by atoms with van der Waals surface area (Å²) in [5, 5.41) is 6.06. The molecule has 0 atom stereocenters. The number of aryl methyl sites for hydroxylation is 1. The number of hydrogen-bond donors (Lipinski definition) is 2. The number of rotatable bonds is 2. The van der Waals surface area contributed by atoms with E-state index in [1.807, 2.05) is 50.2 Å². The molecule has 0 saturated heterocycles. The smallest absolute Gasteiger partial charge is 0.257 e. The number of benzene rings is 2. The summed E-state index contributed by atoms with van der Waals surface area (Å²) in [7, 11) is 0. The van der Waals surface area contributed by atoms with Crippen LogP contribution in [0.3, 0.4) is 0 Å². The molecule has 0 aliphatic carbocycles. The highest BCUT2D eigenvalue weighted by atomic mass is 127. The average molecular weight is 410 g/mol. The Morgan fingerprint density at radius 3 is 2.57 bits per heavy atom. The molecule has 0 aliphatic rings. The molecule has 5 heteroatoms. The van der Waals surface area contributed by atoms with Gasteiger partial charge in [0.05, 0.1) is 0 Å². The van der Waals surface area contributed by atoms with E-state index in [4.69, 9.17) is 12.2 Å². The number of amides is 1. The number of nitrogens with one attached hydrogen (secondary N) is 2. The molecular formula is C16H15IN2OS. The molecule has 0 saturated carbocycles. The molecule has 2 aromatic rings. The third kappa shape index (κ3) is 4.25. The Morgan fingerprint density at radius 1 is 1.14 bits per heavy atom. The Bertz CT molecular complexity index is 700. The zero-order valence-corrected chi connectivity index (χ0v) is 14.7. The largest absolute Gasteiger partial charge is 0.332 e. The SMILES string of the molecule is Cc1cccc(NC(=S)NC(=O)c2cccc(I)c2)c1C. The van der Waals surface area contributed by atoms with E-state index in [0.29, 0.717) is 10.7 Å². The van der Waals surface area contributed by atoms with Crippen molar-refractivity contribution in [1.82, 2.24) is 5.32 Å². The first kappa shape index (κ1) is 15.9. The Labute approximate surface area is 143 Å². The molecule has 21 heavy (non-hydrogen) atoms. The van der Waals surface area contributed by atoms with E-state index in [-0.39, 0.29) is 5.91 Å². The lowest BCUT2D eigenvalue weighted by Gasteiger charge is -2.13. The molecule has 2 rings (SSSR count). The monoisotopic (exact) mass is 410 g/mol. The van der Waals surface area contributed by atoms with Crippen LogP contribution < -0.4 is 10.6 Å². The van der Waals surface area contributed by atoms with Gasteiger partial charge in [0.2, 0.25) is 0 Å². The molecule has 108 valence electrons. The molecule has 2 aromatic carbocycles. The van der Waals surface area contributed by atoms with Gasteiger partial charge in [-0.3, -0.25) is 10.1 Å². The quantitative estimate of drug-likeness (QED) is 0.580. The summed E-state index contributed by atoms with van der Waals surface area (Å²) in [5.74, 6) is -0.212. The van der Waals surface area contributed by atoms with Gasteiger partial charge in [0.1, 0.15) is 0 Å². The number of hydrogen-bond acceptors (Lipinski definition) is 2. The second-order valence-corrected chi connectivity index (χ2v) is 6.32. The number of anilines is 1. The van der Waals surface area contributed by atoms with Crippen LogP contribution in [0.4, 0.5) is 5.69 Å². The van der Waals surface area contributed by atoms with Crippen molar-refractivity contribution in [2.24, 2.45) is 0 Å². The fourth-order valence-corrected chi connectivity index (χ4v) is 2.59. The van der Waals surface area contributed by atoms with E-state index in [0.717, 1.165) is 14.8 Å². The van der Waals surface area contributed by atoms with Gasteiger partial charge in [-0.25, -0.2) is 0 Å². The van der Waals surface area contributed by atoms with Crippen molar-refractivity contribution in [3.63, 3.8) is 0 Å². The van der Waals surface area contributed by atoms with Crippen molar-refractivity contribution in [3.05, 3.63) is 62.7 Å². The second kappa shape index (κ2) is 7.00. The lowest BCUT2D eigenvalue weighted by molar-refractivity contribution is 0.0977. The average Bonchev–Trinajstić information content (AvgIpc) is 2.44. The molecule has 0 heterocycles. The van der Waals surface area contributed by atoms with Crippen LogP contribution >= 0.6 is 34.8 Å². The van der Waals surface area contributed by atoms with Crippen LogP contribution in [0.25, 0.3) is 0 Å². The number of carbonyl (C=O) groups excluding carboxylic acids is 1. The minimum absolute atomic E-state index is 0.212. The summed E-state index contributed by atoms with van der Waals surface area (Å²) in [6.07, 6.45) is 0. The van der Waals surface area contributed by atoms with Crippen LogP contribution in [0.15, 0.2) is 42.5 Å². The highest BCUT2D eigenvalue weighted by Crippen LogP contribution is 2.17. The fourth-order valence-electron chi connectivity index (χ4n) is 1.85. The lowest BCUT2D eigenvalue weighted by Crippen LogP contribution is -2.34. The molecule has 0 radical (unpaired) electrons. The van der Waals surface area contributed by atoms with Crippen LogP contribution in [0.2, 0.25) is 0 Å². The standard InChI is InChI=1S/C16H15IN2OS/c1-10-5-3-8-14(11(10)2)18-16(21)19-15(20)12-6-4-7-13(17)9-12/h3-9H,1-2H3,(H2,18,19,20,21). The highest BCUT2D eigenvalue weighted by Gasteiger charge is 2.09. The summed E-state index contributed by atoms with van der Waals surface area (Å²) >= 11 is 7.37. The molecule has 0 fully saturated rings. The van der Waals surface area contributed by atoms with Crippen LogP contribution in [0, 0.1) is 17.4 Å². The Hall–Kier alpha value is -1.47. The van der Waals surface area contributed by atoms with Gasteiger partial charge in [-0.2, -0.15) is 0 Å². The lowest BCUT2D eigenvalue weighted by atomic mass is 10.1. The first-order valence-corrected chi connectivity index (χ1v) is 7.90. The van der Waals surface area contributed by atoms with Crippen molar-refractivity contribution in [2.45, 2.75) is 13.8 Å². The number of carbonyl (C=O) groups is 1. The van der Waals surface area contributed by atoms with E-state index in [2.05, 4.69) is 33.2 Å². The van der Waals surface area contributed by atoms with Crippen molar-refractivity contribution in [3.8, 4) is 0 Å². The van der Waals surface area contributed by atoms with Crippen molar-refractivity contribution < 1.29 is 4.79 Å². The van der Waals surface area contributed by atoms with Gasteiger partial charge >= 0.3 is 0 Å². The normalized spacial score (nSPS) is 10.0. The topological polar surface area (TPSA) is 41.1 Å². The number of halogens is 1. The van der Waals surface area contributed by atoms with E-state index < -0.39 is 0 Å². The maximum Gasteiger partial charge on any atom is 0.257 e. The van der Waals surface area contributed by atoms with E-state index in [1.165, 1.54) is 5.56 Å². The van der Waals surface area contributed by atoms with Crippen molar-refractivity contribution >= 4 is 51.5 Å². The summed E-state index contributed by atoms with van der Waals surface area (Å²) < 4.78 is 1.01. The van der Waals surface area contributed by atoms with Gasteiger partial charge in [-0.1, -0.05) is 18.2 Å². The maximum atomic E-state index is 12.1. The van der Waals surface area contributed by atoms with Gasteiger partial charge in [0, 0.05) is 14.8 Å². The Balaban J connectivity index is 2.05. The minimum atomic E-state index is -0.212. The molecule has 0 bridgehead atoms. The third-order valence-electron chi connectivity index (χ3n) is 3.17. The zero-order chi connectivity index (χ0) is 15.4. The van der Waals surface area contributed by atoms with Crippen molar-refractivity contribution in [2.75, 3.05) is 5.32 Å². The van der Waals surface area contributed by atoms with Crippen LogP contribution in [-0.4, -0.2) is 11.0 Å². The number of thiocarbonyl (C=S) groups is 1. The Kier molecular flexibility index (Phi) is 5.30. The summed E-state index contributed by atoms with van der Waals surface area (Å²) in [5.41, 5.74) is 3.78. The van der Waals surface area contributed by atoms with Crippen LogP contribution in [0.1, 0.15) is 21.5 Å². The van der Waals surface area contributed by atoms with Gasteiger partial charge in [0.15, 0.2) is 5.11 Å². The fraction of sp³-hybridized carbons (Fsp3) is 0.125. The molecule has 0 aromatic heterocycles. The maximum absolute atomic E-state index is 12.1. The van der Waals surface area contributed by atoms with Crippen LogP contribution in [0.5, 0.6) is 0 Å². The molecular weight excluding hydrogens is 395 g/mol. The summed E-state index contributed by atoms with van der Waals surface area (Å²) in [6.45, 7) is 4.05. The molecule has 3 nitrogen and oxygen atoms in total. The van der Waals surface area contributed by atoms with Crippen molar-refractivity contribution in [1.29, 1.82) is 0 Å². The molecule has 1 amide bonds. The molecule has 2 N–H and O–H groups in total.